The molecule has 0 fully saturated rings. The highest BCUT2D eigenvalue weighted by atomic mass is 15.0. The van der Waals surface area contributed by atoms with Crippen LogP contribution in [0.15, 0.2) is 73.3 Å². The fourth-order valence-electron chi connectivity index (χ4n) is 2.67. The molecule has 3 aromatic heterocycles. The Morgan fingerprint density at radius 3 is 2.25 bits per heavy atom. The van der Waals surface area contributed by atoms with Crippen LogP contribution in [0.2, 0.25) is 0 Å². The number of benzene rings is 1. The van der Waals surface area contributed by atoms with E-state index in [1.54, 1.807) is 12.4 Å². The van der Waals surface area contributed by atoms with E-state index in [0.29, 0.717) is 0 Å². The molecule has 4 rings (SSSR count). The molecule has 4 aromatic rings. The summed E-state index contributed by atoms with van der Waals surface area (Å²) in [4.78, 5) is 8.71. The SMILES string of the molecule is Cc1ccc2nc(-c3ccc(/C=C/c4ccncc4)cc3)cn2c1. The standard InChI is InChI=1S/C21H17N3/c1-16-2-9-21-23-20(15-24(21)14-16)19-7-5-17(6-8-19)3-4-18-10-12-22-13-11-18/h2-15H,1H3/b4-3+. The van der Waals surface area contributed by atoms with Gasteiger partial charge < -0.3 is 4.40 Å². The van der Waals surface area contributed by atoms with Crippen LogP contribution in [-0.4, -0.2) is 14.4 Å². The van der Waals surface area contributed by atoms with Crippen LogP contribution in [0.5, 0.6) is 0 Å². The van der Waals surface area contributed by atoms with Crippen LogP contribution in [0.1, 0.15) is 16.7 Å². The van der Waals surface area contributed by atoms with Gasteiger partial charge in [0.15, 0.2) is 0 Å². The van der Waals surface area contributed by atoms with E-state index in [4.69, 9.17) is 0 Å². The Balaban J connectivity index is 1.59. The topological polar surface area (TPSA) is 30.2 Å². The molecule has 0 saturated heterocycles. The average molecular weight is 311 g/mol. The average Bonchev–Trinajstić information content (AvgIpc) is 3.04. The summed E-state index contributed by atoms with van der Waals surface area (Å²) in [5.41, 5.74) is 6.61. The zero-order chi connectivity index (χ0) is 16.4. The molecule has 0 N–H and O–H groups in total. The third kappa shape index (κ3) is 2.97. The van der Waals surface area contributed by atoms with Crippen LogP contribution < -0.4 is 0 Å². The molecule has 0 amide bonds. The molecule has 0 radical (unpaired) electrons. The Hall–Kier alpha value is -3.20. The first kappa shape index (κ1) is 14.4. The van der Waals surface area contributed by atoms with E-state index in [9.17, 15) is 0 Å². The first-order chi connectivity index (χ1) is 11.8. The molecule has 0 aliphatic heterocycles. The van der Waals surface area contributed by atoms with Crippen LogP contribution >= 0.6 is 0 Å². The van der Waals surface area contributed by atoms with Crippen LogP contribution in [-0.2, 0) is 0 Å². The van der Waals surface area contributed by atoms with E-state index in [-0.39, 0.29) is 0 Å². The van der Waals surface area contributed by atoms with Crippen molar-refractivity contribution in [3.05, 3.63) is 90.0 Å². The minimum absolute atomic E-state index is 0.970. The zero-order valence-corrected chi connectivity index (χ0v) is 13.4. The highest BCUT2D eigenvalue weighted by molar-refractivity contribution is 5.71. The van der Waals surface area contributed by atoms with Gasteiger partial charge in [-0.1, -0.05) is 42.5 Å². The number of aryl methyl sites for hydroxylation is 1. The van der Waals surface area contributed by atoms with Gasteiger partial charge in [0, 0.05) is 30.4 Å². The van der Waals surface area contributed by atoms with Gasteiger partial charge in [0.25, 0.3) is 0 Å². The Bertz CT molecular complexity index is 996. The van der Waals surface area contributed by atoms with E-state index in [2.05, 4.69) is 76.2 Å². The number of pyridine rings is 2. The molecule has 3 heteroatoms. The second kappa shape index (κ2) is 6.13. The maximum atomic E-state index is 4.69. The molecular formula is C21H17N3. The summed E-state index contributed by atoms with van der Waals surface area (Å²) in [5, 5.41) is 0. The first-order valence-electron chi connectivity index (χ1n) is 7.92. The zero-order valence-electron chi connectivity index (χ0n) is 13.4. The number of imidazole rings is 1. The maximum Gasteiger partial charge on any atom is 0.137 e. The Morgan fingerprint density at radius 1 is 0.792 bits per heavy atom. The molecule has 0 aliphatic carbocycles. The lowest BCUT2D eigenvalue weighted by atomic mass is 10.1. The molecule has 0 bridgehead atoms. The second-order valence-corrected chi connectivity index (χ2v) is 5.83. The molecule has 3 nitrogen and oxygen atoms in total. The minimum Gasteiger partial charge on any atom is -0.306 e. The summed E-state index contributed by atoms with van der Waals surface area (Å²) < 4.78 is 2.07. The van der Waals surface area contributed by atoms with Crippen molar-refractivity contribution in [2.75, 3.05) is 0 Å². The molecule has 1 aromatic carbocycles. The van der Waals surface area contributed by atoms with Crippen molar-refractivity contribution in [1.82, 2.24) is 14.4 Å². The summed E-state index contributed by atoms with van der Waals surface area (Å²) in [6.07, 6.45) is 12.0. The van der Waals surface area contributed by atoms with Gasteiger partial charge in [0.05, 0.1) is 5.69 Å². The molecule has 0 unspecified atom stereocenters. The van der Waals surface area contributed by atoms with Crippen molar-refractivity contribution in [3.63, 3.8) is 0 Å². The number of fused-ring (bicyclic) bond motifs is 1. The molecule has 0 aliphatic rings. The van der Waals surface area contributed by atoms with Gasteiger partial charge in [0.1, 0.15) is 5.65 Å². The minimum atomic E-state index is 0.970. The number of aromatic nitrogens is 3. The fraction of sp³-hybridized carbons (Fsp3) is 0.0476. The number of hydrogen-bond acceptors (Lipinski definition) is 2. The molecule has 24 heavy (non-hydrogen) atoms. The van der Waals surface area contributed by atoms with E-state index in [1.165, 1.54) is 5.56 Å². The number of rotatable bonds is 3. The molecule has 116 valence electrons. The second-order valence-electron chi connectivity index (χ2n) is 5.83. The number of nitrogens with zero attached hydrogens (tertiary/aromatic N) is 3. The predicted molar refractivity (Wildman–Crippen MR) is 98.5 cm³/mol. The maximum absolute atomic E-state index is 4.69. The predicted octanol–water partition coefficient (Wildman–Crippen LogP) is 4.88. The van der Waals surface area contributed by atoms with Crippen LogP contribution in [0.3, 0.4) is 0 Å². The fourth-order valence-corrected chi connectivity index (χ4v) is 2.67. The van der Waals surface area contributed by atoms with Gasteiger partial charge in [0.2, 0.25) is 0 Å². The molecule has 3 heterocycles. The molecule has 0 atom stereocenters. The first-order valence-corrected chi connectivity index (χ1v) is 7.92. The summed E-state index contributed by atoms with van der Waals surface area (Å²) in [7, 11) is 0. The third-order valence-electron chi connectivity index (χ3n) is 3.98. The molecule has 0 saturated carbocycles. The molecular weight excluding hydrogens is 294 g/mol. The van der Waals surface area contributed by atoms with Crippen LogP contribution in [0.25, 0.3) is 29.1 Å². The summed E-state index contributed by atoms with van der Waals surface area (Å²) in [5.74, 6) is 0. The highest BCUT2D eigenvalue weighted by Gasteiger charge is 2.04. The normalized spacial score (nSPS) is 11.4. The largest absolute Gasteiger partial charge is 0.306 e. The molecule has 0 spiro atoms. The van der Waals surface area contributed by atoms with E-state index in [1.807, 2.05) is 18.2 Å². The number of hydrogen-bond donors (Lipinski definition) is 0. The van der Waals surface area contributed by atoms with Crippen molar-refractivity contribution in [3.8, 4) is 11.3 Å². The van der Waals surface area contributed by atoms with Crippen molar-refractivity contribution < 1.29 is 0 Å². The van der Waals surface area contributed by atoms with E-state index < -0.39 is 0 Å². The Kier molecular flexibility index (Phi) is 3.67. The quantitative estimate of drug-likeness (QED) is 0.540. The van der Waals surface area contributed by atoms with Gasteiger partial charge in [-0.05, 0) is 41.8 Å². The van der Waals surface area contributed by atoms with Gasteiger partial charge in [-0.2, -0.15) is 0 Å². The lowest BCUT2D eigenvalue weighted by Gasteiger charge is -1.98. The smallest absolute Gasteiger partial charge is 0.137 e. The van der Waals surface area contributed by atoms with Crippen molar-refractivity contribution in [1.29, 1.82) is 0 Å². The highest BCUT2D eigenvalue weighted by Crippen LogP contribution is 2.21. The lowest BCUT2D eigenvalue weighted by Crippen LogP contribution is -1.82. The van der Waals surface area contributed by atoms with E-state index in [0.717, 1.165) is 28.0 Å². The van der Waals surface area contributed by atoms with Gasteiger partial charge in [-0.15, -0.1) is 0 Å². The Labute approximate surface area is 141 Å². The lowest BCUT2D eigenvalue weighted by molar-refractivity contribution is 1.16. The van der Waals surface area contributed by atoms with E-state index >= 15 is 0 Å². The third-order valence-corrected chi connectivity index (χ3v) is 3.98. The van der Waals surface area contributed by atoms with Crippen molar-refractivity contribution in [2.24, 2.45) is 0 Å². The van der Waals surface area contributed by atoms with Gasteiger partial charge in [-0.3, -0.25) is 4.98 Å². The van der Waals surface area contributed by atoms with Crippen molar-refractivity contribution in [2.45, 2.75) is 6.92 Å². The van der Waals surface area contributed by atoms with Gasteiger partial charge >= 0.3 is 0 Å². The van der Waals surface area contributed by atoms with Gasteiger partial charge in [-0.25, -0.2) is 4.98 Å². The van der Waals surface area contributed by atoms with Crippen LogP contribution in [0.4, 0.5) is 0 Å². The van der Waals surface area contributed by atoms with Crippen LogP contribution in [0, 0.1) is 6.92 Å². The van der Waals surface area contributed by atoms with Crippen molar-refractivity contribution >= 4 is 17.8 Å². The summed E-state index contributed by atoms with van der Waals surface area (Å²) in [6, 6.07) is 16.6. The Morgan fingerprint density at radius 2 is 1.50 bits per heavy atom. The summed E-state index contributed by atoms with van der Waals surface area (Å²) >= 11 is 0. The monoisotopic (exact) mass is 311 g/mol. The summed E-state index contributed by atoms with van der Waals surface area (Å²) in [6.45, 7) is 2.09.